The lowest BCUT2D eigenvalue weighted by Gasteiger charge is -2.42. The van der Waals surface area contributed by atoms with Gasteiger partial charge in [-0.3, -0.25) is 0 Å². The van der Waals surface area contributed by atoms with E-state index in [0.29, 0.717) is 38.8 Å². The Bertz CT molecular complexity index is 976. The third-order valence-electron chi connectivity index (χ3n) is 7.97. The molecule has 0 aromatic heterocycles. The van der Waals surface area contributed by atoms with Crippen molar-refractivity contribution < 1.29 is 45.3 Å². The first kappa shape index (κ1) is 27.8. The van der Waals surface area contributed by atoms with Crippen molar-refractivity contribution in [2.24, 2.45) is 10.8 Å². The van der Waals surface area contributed by atoms with Crippen LogP contribution in [0.15, 0.2) is 47.7 Å². The normalized spacial score (nSPS) is 21.3. The van der Waals surface area contributed by atoms with Gasteiger partial charge in [-0.25, -0.2) is 0 Å². The molecule has 0 unspecified atom stereocenters. The van der Waals surface area contributed by atoms with Crippen molar-refractivity contribution in [3.05, 3.63) is 53.3 Å². The number of ether oxygens (including phenoxy) is 4. The van der Waals surface area contributed by atoms with Gasteiger partial charge in [-0.05, 0) is 48.6 Å². The SMILES string of the molecule is CCC1(COC2=CC=C(C(c3ccc(OCC4(CC)COC4)cc3)(C(F)(F)F)C(F)(F)F)CC2)COC1. The molecule has 0 spiro atoms. The van der Waals surface area contributed by atoms with Gasteiger partial charge in [0.1, 0.15) is 5.75 Å². The zero-order valence-corrected chi connectivity index (χ0v) is 20.9. The third kappa shape index (κ3) is 5.11. The molecule has 2 heterocycles. The minimum Gasteiger partial charge on any atom is -0.497 e. The van der Waals surface area contributed by atoms with Crippen molar-refractivity contribution in [2.75, 3.05) is 39.6 Å². The van der Waals surface area contributed by atoms with Crippen LogP contribution in [-0.2, 0) is 19.6 Å². The van der Waals surface area contributed by atoms with E-state index >= 15 is 0 Å². The number of rotatable bonds is 10. The molecule has 0 radical (unpaired) electrons. The second-order valence-electron chi connectivity index (χ2n) is 10.4. The van der Waals surface area contributed by atoms with Gasteiger partial charge in [0.25, 0.3) is 0 Å². The molecule has 4 nitrogen and oxygen atoms in total. The maximum atomic E-state index is 14.5. The Hall–Kier alpha value is -2.20. The molecule has 0 saturated carbocycles. The van der Waals surface area contributed by atoms with Gasteiger partial charge in [0.2, 0.25) is 5.41 Å². The maximum Gasteiger partial charge on any atom is 0.410 e. The Morgan fingerprint density at radius 1 is 0.730 bits per heavy atom. The molecule has 0 N–H and O–H groups in total. The average Bonchev–Trinajstić information content (AvgIpc) is 2.79. The van der Waals surface area contributed by atoms with Crippen molar-refractivity contribution in [2.45, 2.75) is 57.3 Å². The maximum absolute atomic E-state index is 14.5. The van der Waals surface area contributed by atoms with Gasteiger partial charge in [-0.15, -0.1) is 0 Å². The smallest absolute Gasteiger partial charge is 0.410 e. The zero-order chi connectivity index (χ0) is 27.0. The average molecular weight is 535 g/mol. The Kier molecular flexibility index (Phi) is 7.65. The van der Waals surface area contributed by atoms with Gasteiger partial charge in [-0.1, -0.05) is 32.1 Å². The van der Waals surface area contributed by atoms with Crippen LogP contribution in [0, 0.1) is 10.8 Å². The summed E-state index contributed by atoms with van der Waals surface area (Å²) < 4.78 is 109. The minimum atomic E-state index is -5.61. The fourth-order valence-corrected chi connectivity index (χ4v) is 4.93. The van der Waals surface area contributed by atoms with Crippen molar-refractivity contribution in [3.8, 4) is 5.75 Å². The number of allylic oxidation sites excluding steroid dienone is 4. The molecule has 206 valence electrons. The van der Waals surface area contributed by atoms with Gasteiger partial charge in [0.15, 0.2) is 0 Å². The summed E-state index contributed by atoms with van der Waals surface area (Å²) in [5, 5.41) is 0. The van der Waals surface area contributed by atoms with Crippen molar-refractivity contribution in [1.29, 1.82) is 0 Å². The first-order valence-corrected chi connectivity index (χ1v) is 12.5. The quantitative estimate of drug-likeness (QED) is 0.306. The zero-order valence-electron chi connectivity index (χ0n) is 20.9. The predicted octanol–water partition coefficient (Wildman–Crippen LogP) is 6.90. The van der Waals surface area contributed by atoms with E-state index in [0.717, 1.165) is 31.1 Å². The molecule has 0 bridgehead atoms. The van der Waals surface area contributed by atoms with Gasteiger partial charge in [0, 0.05) is 6.42 Å². The summed E-state index contributed by atoms with van der Waals surface area (Å²) >= 11 is 0. The van der Waals surface area contributed by atoms with Crippen molar-refractivity contribution in [1.82, 2.24) is 0 Å². The highest BCUT2D eigenvalue weighted by Crippen LogP contribution is 2.58. The van der Waals surface area contributed by atoms with E-state index in [4.69, 9.17) is 18.9 Å². The molecule has 4 rings (SSSR count). The minimum absolute atomic E-state index is 0.0528. The van der Waals surface area contributed by atoms with E-state index in [1.165, 1.54) is 18.2 Å². The van der Waals surface area contributed by atoms with E-state index in [-0.39, 0.29) is 29.6 Å². The fourth-order valence-electron chi connectivity index (χ4n) is 4.93. The summed E-state index contributed by atoms with van der Waals surface area (Å²) in [5.74, 6) is 0.579. The van der Waals surface area contributed by atoms with Crippen molar-refractivity contribution in [3.63, 3.8) is 0 Å². The number of alkyl halides is 6. The number of benzene rings is 1. The molecule has 1 aliphatic carbocycles. The monoisotopic (exact) mass is 534 g/mol. The summed E-state index contributed by atoms with van der Waals surface area (Å²) in [4.78, 5) is 0. The van der Waals surface area contributed by atoms with Crippen LogP contribution in [-0.4, -0.2) is 52.0 Å². The van der Waals surface area contributed by atoms with E-state index in [1.54, 1.807) is 0 Å². The molecule has 3 aliphatic rings. The van der Waals surface area contributed by atoms with Gasteiger partial charge < -0.3 is 18.9 Å². The van der Waals surface area contributed by atoms with E-state index in [9.17, 15) is 26.3 Å². The molecule has 0 amide bonds. The Balaban J connectivity index is 1.60. The number of hydrogen-bond acceptors (Lipinski definition) is 4. The van der Waals surface area contributed by atoms with Crippen LogP contribution in [0.5, 0.6) is 5.75 Å². The standard InChI is InChI=1S/C27H32F6O4/c1-3-23(13-34-14-23)17-36-21-9-5-19(6-10-21)25(26(28,29)30,27(31,32)33)20-7-11-22(12-8-20)37-18-24(4-2)15-35-16-24/h5-7,9-11H,3-4,8,12-18H2,1-2H3. The Morgan fingerprint density at radius 3 is 1.62 bits per heavy atom. The lowest BCUT2D eigenvalue weighted by atomic mass is 9.70. The summed E-state index contributed by atoms with van der Waals surface area (Å²) in [6.07, 6.45) is -7.97. The summed E-state index contributed by atoms with van der Waals surface area (Å²) in [6.45, 7) is 6.61. The topological polar surface area (TPSA) is 36.9 Å². The molecule has 1 aromatic rings. The van der Waals surface area contributed by atoms with E-state index in [1.807, 2.05) is 13.8 Å². The fraction of sp³-hybridized carbons (Fsp3) is 0.630. The second kappa shape index (κ2) is 10.2. The highest BCUT2D eigenvalue weighted by atomic mass is 19.4. The summed E-state index contributed by atoms with van der Waals surface area (Å²) in [7, 11) is 0. The van der Waals surface area contributed by atoms with Crippen LogP contribution in [0.2, 0.25) is 0 Å². The highest BCUT2D eigenvalue weighted by Gasteiger charge is 2.73. The van der Waals surface area contributed by atoms with Crippen LogP contribution >= 0.6 is 0 Å². The number of halogens is 6. The molecule has 10 heteroatoms. The summed E-state index contributed by atoms with van der Waals surface area (Å²) in [5.41, 5.74) is -6.13. The Morgan fingerprint density at radius 2 is 1.24 bits per heavy atom. The third-order valence-corrected chi connectivity index (χ3v) is 7.97. The number of hydrogen-bond donors (Lipinski definition) is 0. The van der Waals surface area contributed by atoms with Crippen LogP contribution < -0.4 is 4.74 Å². The lowest BCUT2D eigenvalue weighted by Crippen LogP contribution is -2.55. The van der Waals surface area contributed by atoms with Crippen LogP contribution in [0.25, 0.3) is 0 Å². The molecular weight excluding hydrogens is 502 g/mol. The molecule has 1 aromatic carbocycles. The molecule has 0 atom stereocenters. The predicted molar refractivity (Wildman–Crippen MR) is 124 cm³/mol. The van der Waals surface area contributed by atoms with Gasteiger partial charge in [0.05, 0.1) is 56.2 Å². The Labute approximate surface area is 212 Å². The van der Waals surface area contributed by atoms with Gasteiger partial charge >= 0.3 is 12.4 Å². The molecule has 2 aliphatic heterocycles. The first-order valence-electron chi connectivity index (χ1n) is 12.5. The molecule has 2 fully saturated rings. The highest BCUT2D eigenvalue weighted by molar-refractivity contribution is 5.46. The largest absolute Gasteiger partial charge is 0.497 e. The van der Waals surface area contributed by atoms with Crippen molar-refractivity contribution >= 4 is 0 Å². The van der Waals surface area contributed by atoms with Crippen LogP contribution in [0.1, 0.15) is 45.1 Å². The second-order valence-corrected chi connectivity index (χ2v) is 10.4. The lowest BCUT2D eigenvalue weighted by molar-refractivity contribution is -0.290. The van der Waals surface area contributed by atoms with Crippen LogP contribution in [0.4, 0.5) is 26.3 Å². The van der Waals surface area contributed by atoms with Crippen LogP contribution in [0.3, 0.4) is 0 Å². The molecular formula is C27H32F6O4. The van der Waals surface area contributed by atoms with E-state index in [2.05, 4.69) is 0 Å². The molecule has 37 heavy (non-hydrogen) atoms. The molecule has 2 saturated heterocycles. The summed E-state index contributed by atoms with van der Waals surface area (Å²) in [6, 6.07) is 4.07. The van der Waals surface area contributed by atoms with E-state index < -0.39 is 35.3 Å². The first-order chi connectivity index (χ1) is 17.4. The van der Waals surface area contributed by atoms with Gasteiger partial charge in [-0.2, -0.15) is 26.3 Å².